The molecule has 0 aromatic carbocycles. The summed E-state index contributed by atoms with van der Waals surface area (Å²) >= 11 is 0. The van der Waals surface area contributed by atoms with Crippen molar-refractivity contribution in [2.45, 2.75) is 58.5 Å². The van der Waals surface area contributed by atoms with Crippen LogP contribution in [0.5, 0.6) is 0 Å². The van der Waals surface area contributed by atoms with Crippen LogP contribution in [0, 0.1) is 0 Å². The quantitative estimate of drug-likeness (QED) is 0.466. The van der Waals surface area contributed by atoms with Crippen molar-refractivity contribution >= 4 is 29.9 Å². The molecule has 1 aromatic heterocycles. The van der Waals surface area contributed by atoms with Gasteiger partial charge in [0.05, 0.1) is 0 Å². The second kappa shape index (κ2) is 7.24. The molecule has 2 N–H and O–H groups in total. The summed E-state index contributed by atoms with van der Waals surface area (Å²) in [5.41, 5.74) is -0.119. The highest BCUT2D eigenvalue weighted by Gasteiger charge is 2.23. The highest BCUT2D eigenvalue weighted by molar-refractivity contribution is 14.0. The fourth-order valence-corrected chi connectivity index (χ4v) is 1.51. The Morgan fingerprint density at radius 1 is 1.40 bits per heavy atom. The van der Waals surface area contributed by atoms with Gasteiger partial charge in [0.25, 0.3) is 0 Å². The van der Waals surface area contributed by atoms with E-state index in [4.69, 9.17) is 4.52 Å². The molecule has 1 saturated carbocycles. The van der Waals surface area contributed by atoms with Crippen LogP contribution in [0.4, 0.5) is 0 Å². The standard InChI is InChI=1S/C13H23N5O.HI/c1-5-14-12(16-9-6-7-9)15-8-10-17-11(19-18-10)13(2,3)4;/h9H,5-8H2,1-4H3,(H2,14,15,16);1H. The Balaban J connectivity index is 0.00000200. The molecule has 0 amide bonds. The number of hydrogen-bond donors (Lipinski definition) is 2. The molecule has 0 radical (unpaired) electrons. The molecular weight excluding hydrogens is 369 g/mol. The molecule has 0 aliphatic heterocycles. The number of hydrogen-bond acceptors (Lipinski definition) is 4. The first-order valence-corrected chi connectivity index (χ1v) is 6.87. The van der Waals surface area contributed by atoms with Crippen LogP contribution in [0.1, 0.15) is 52.3 Å². The van der Waals surface area contributed by atoms with Crippen molar-refractivity contribution in [3.63, 3.8) is 0 Å². The predicted octanol–water partition coefficient (Wildman–Crippen LogP) is 2.20. The van der Waals surface area contributed by atoms with Crippen LogP contribution in [-0.4, -0.2) is 28.7 Å². The molecule has 1 fully saturated rings. The van der Waals surface area contributed by atoms with Crippen molar-refractivity contribution < 1.29 is 4.52 Å². The highest BCUT2D eigenvalue weighted by atomic mass is 127. The molecule has 6 nitrogen and oxygen atoms in total. The Labute approximate surface area is 137 Å². The van der Waals surface area contributed by atoms with E-state index < -0.39 is 0 Å². The van der Waals surface area contributed by atoms with Gasteiger partial charge in [-0.3, -0.25) is 0 Å². The van der Waals surface area contributed by atoms with E-state index in [9.17, 15) is 0 Å². The van der Waals surface area contributed by atoms with Gasteiger partial charge in [-0.1, -0.05) is 25.9 Å². The third kappa shape index (κ3) is 5.26. The Hall–Kier alpha value is -0.860. The van der Waals surface area contributed by atoms with Crippen LogP contribution < -0.4 is 10.6 Å². The van der Waals surface area contributed by atoms with Crippen molar-refractivity contribution in [1.82, 2.24) is 20.8 Å². The van der Waals surface area contributed by atoms with E-state index in [-0.39, 0.29) is 29.4 Å². The van der Waals surface area contributed by atoms with E-state index >= 15 is 0 Å². The van der Waals surface area contributed by atoms with Crippen LogP contribution in [0.15, 0.2) is 9.52 Å². The van der Waals surface area contributed by atoms with Gasteiger partial charge in [0.15, 0.2) is 11.8 Å². The van der Waals surface area contributed by atoms with E-state index in [1.54, 1.807) is 0 Å². The molecule has 114 valence electrons. The van der Waals surface area contributed by atoms with Crippen molar-refractivity contribution in [3.8, 4) is 0 Å². The lowest BCUT2D eigenvalue weighted by Gasteiger charge is -2.10. The number of guanidine groups is 1. The lowest BCUT2D eigenvalue weighted by Crippen LogP contribution is -2.38. The van der Waals surface area contributed by atoms with Crippen molar-refractivity contribution in [1.29, 1.82) is 0 Å². The van der Waals surface area contributed by atoms with E-state index in [0.717, 1.165) is 12.5 Å². The summed E-state index contributed by atoms with van der Waals surface area (Å²) in [7, 11) is 0. The largest absolute Gasteiger partial charge is 0.357 e. The molecular formula is C13H24IN5O. The Morgan fingerprint density at radius 3 is 2.60 bits per heavy atom. The Bertz CT molecular complexity index is 448. The van der Waals surface area contributed by atoms with Gasteiger partial charge in [0.1, 0.15) is 6.54 Å². The average Bonchev–Trinajstić information content (AvgIpc) is 3.00. The zero-order chi connectivity index (χ0) is 13.9. The minimum atomic E-state index is -0.119. The van der Waals surface area contributed by atoms with Crippen molar-refractivity contribution in [2.24, 2.45) is 4.99 Å². The molecule has 1 aliphatic carbocycles. The molecule has 0 bridgehead atoms. The molecule has 7 heteroatoms. The van der Waals surface area contributed by atoms with Gasteiger partial charge < -0.3 is 15.2 Å². The molecule has 1 heterocycles. The topological polar surface area (TPSA) is 75.3 Å². The van der Waals surface area contributed by atoms with Gasteiger partial charge in [-0.25, -0.2) is 4.99 Å². The number of nitrogens with one attached hydrogen (secondary N) is 2. The molecule has 0 saturated heterocycles. The van der Waals surface area contributed by atoms with Crippen LogP contribution in [0.2, 0.25) is 0 Å². The minimum Gasteiger partial charge on any atom is -0.357 e. The van der Waals surface area contributed by atoms with E-state index in [1.807, 2.05) is 20.8 Å². The Morgan fingerprint density at radius 2 is 2.10 bits per heavy atom. The molecule has 2 rings (SSSR count). The van der Waals surface area contributed by atoms with Gasteiger partial charge >= 0.3 is 0 Å². The minimum absolute atomic E-state index is 0. The van der Waals surface area contributed by atoms with Gasteiger partial charge in [-0.05, 0) is 19.8 Å². The third-order valence-corrected chi connectivity index (χ3v) is 2.75. The SMILES string of the molecule is CCNC(=NCc1noc(C(C)(C)C)n1)NC1CC1.I. The normalized spacial score (nSPS) is 15.7. The molecule has 0 spiro atoms. The summed E-state index contributed by atoms with van der Waals surface area (Å²) in [6.07, 6.45) is 2.45. The molecule has 1 aliphatic rings. The van der Waals surface area contributed by atoms with Gasteiger partial charge in [-0.2, -0.15) is 4.98 Å². The number of aliphatic imine (C=N–C) groups is 1. The third-order valence-electron chi connectivity index (χ3n) is 2.75. The second-order valence-corrected chi connectivity index (χ2v) is 5.88. The van der Waals surface area contributed by atoms with Gasteiger partial charge in [-0.15, -0.1) is 24.0 Å². The summed E-state index contributed by atoms with van der Waals surface area (Å²) in [5.74, 6) is 2.10. The number of nitrogens with zero attached hydrogens (tertiary/aromatic N) is 3. The number of aromatic nitrogens is 2. The summed E-state index contributed by atoms with van der Waals surface area (Å²) in [4.78, 5) is 8.84. The van der Waals surface area contributed by atoms with Crippen LogP contribution in [0.3, 0.4) is 0 Å². The van der Waals surface area contributed by atoms with E-state index in [1.165, 1.54) is 12.8 Å². The van der Waals surface area contributed by atoms with E-state index in [0.29, 0.717) is 24.3 Å². The van der Waals surface area contributed by atoms with Crippen molar-refractivity contribution in [3.05, 3.63) is 11.7 Å². The van der Waals surface area contributed by atoms with Crippen LogP contribution in [0.25, 0.3) is 0 Å². The van der Waals surface area contributed by atoms with Gasteiger partial charge in [0.2, 0.25) is 5.89 Å². The monoisotopic (exact) mass is 393 g/mol. The maximum Gasteiger partial charge on any atom is 0.232 e. The fourth-order valence-electron chi connectivity index (χ4n) is 1.51. The van der Waals surface area contributed by atoms with Crippen molar-refractivity contribution in [2.75, 3.05) is 6.54 Å². The zero-order valence-electron chi connectivity index (χ0n) is 12.6. The first-order chi connectivity index (χ1) is 8.99. The summed E-state index contributed by atoms with van der Waals surface area (Å²) in [6.45, 7) is 9.47. The first-order valence-electron chi connectivity index (χ1n) is 6.87. The summed E-state index contributed by atoms with van der Waals surface area (Å²) < 4.78 is 5.24. The summed E-state index contributed by atoms with van der Waals surface area (Å²) in [6, 6.07) is 0.577. The van der Waals surface area contributed by atoms with E-state index in [2.05, 4.69) is 32.7 Å². The maximum atomic E-state index is 5.24. The van der Waals surface area contributed by atoms with Crippen LogP contribution in [-0.2, 0) is 12.0 Å². The lowest BCUT2D eigenvalue weighted by atomic mass is 9.97. The molecule has 0 atom stereocenters. The Kier molecular flexibility index (Phi) is 6.22. The number of halogens is 1. The number of rotatable bonds is 4. The second-order valence-electron chi connectivity index (χ2n) is 5.88. The van der Waals surface area contributed by atoms with Gasteiger partial charge in [0, 0.05) is 18.0 Å². The predicted molar refractivity (Wildman–Crippen MR) is 89.4 cm³/mol. The zero-order valence-corrected chi connectivity index (χ0v) is 14.9. The smallest absolute Gasteiger partial charge is 0.232 e. The average molecular weight is 393 g/mol. The fraction of sp³-hybridized carbons (Fsp3) is 0.769. The van der Waals surface area contributed by atoms with Crippen LogP contribution >= 0.6 is 24.0 Å². The highest BCUT2D eigenvalue weighted by Crippen LogP contribution is 2.20. The lowest BCUT2D eigenvalue weighted by molar-refractivity contribution is 0.318. The molecule has 1 aromatic rings. The first kappa shape index (κ1) is 17.2. The summed E-state index contributed by atoms with van der Waals surface area (Å²) in [5, 5.41) is 10.5. The molecule has 20 heavy (non-hydrogen) atoms. The molecule has 0 unspecified atom stereocenters. The maximum absolute atomic E-state index is 5.24.